The lowest BCUT2D eigenvalue weighted by molar-refractivity contribution is -0.122. The van der Waals surface area contributed by atoms with E-state index in [1.54, 1.807) is 19.2 Å². The van der Waals surface area contributed by atoms with Crippen molar-refractivity contribution in [1.29, 1.82) is 0 Å². The van der Waals surface area contributed by atoms with Gasteiger partial charge in [0.2, 0.25) is 5.91 Å². The average molecular weight is 450 g/mol. The van der Waals surface area contributed by atoms with Crippen molar-refractivity contribution in [2.75, 3.05) is 20.6 Å². The van der Waals surface area contributed by atoms with Crippen LogP contribution in [0.15, 0.2) is 18.2 Å². The molecule has 2 aromatic rings. The van der Waals surface area contributed by atoms with E-state index in [1.807, 2.05) is 25.5 Å². The molecular formula is C22H29ClFN5O2. The Hall–Kier alpha value is -2.45. The van der Waals surface area contributed by atoms with Crippen LogP contribution in [-0.2, 0) is 17.9 Å². The number of hydrogen-bond donors (Lipinski definition) is 2. The number of imidazole rings is 1. The van der Waals surface area contributed by atoms with E-state index in [0.29, 0.717) is 41.6 Å². The van der Waals surface area contributed by atoms with Gasteiger partial charge in [0.05, 0.1) is 11.3 Å². The van der Waals surface area contributed by atoms with Crippen molar-refractivity contribution in [3.8, 4) is 11.4 Å². The molecule has 1 atom stereocenters. The van der Waals surface area contributed by atoms with E-state index in [9.17, 15) is 14.0 Å². The first-order valence-corrected chi connectivity index (χ1v) is 10.8. The highest BCUT2D eigenvalue weighted by Gasteiger charge is 2.29. The zero-order chi connectivity index (χ0) is 22.7. The molecule has 3 rings (SSSR count). The number of aromatic nitrogens is 2. The molecule has 2 amide bonds. The van der Waals surface area contributed by atoms with E-state index < -0.39 is 17.8 Å². The number of nitrogens with one attached hydrogen (secondary N) is 2. The molecule has 9 heteroatoms. The molecule has 0 aliphatic carbocycles. The van der Waals surface area contributed by atoms with Gasteiger partial charge in [0.1, 0.15) is 17.7 Å². The smallest absolute Gasteiger partial charge is 0.272 e. The molecule has 1 aromatic heterocycles. The van der Waals surface area contributed by atoms with Crippen LogP contribution in [0.4, 0.5) is 4.39 Å². The van der Waals surface area contributed by atoms with E-state index in [0.717, 1.165) is 13.0 Å². The van der Waals surface area contributed by atoms with Gasteiger partial charge >= 0.3 is 0 Å². The highest BCUT2D eigenvalue weighted by Crippen LogP contribution is 2.29. The molecule has 31 heavy (non-hydrogen) atoms. The summed E-state index contributed by atoms with van der Waals surface area (Å²) in [5.41, 5.74) is 1.22. The molecule has 0 bridgehead atoms. The lowest BCUT2D eigenvalue weighted by Gasteiger charge is -2.19. The molecule has 2 heterocycles. The molecule has 1 aliphatic heterocycles. The summed E-state index contributed by atoms with van der Waals surface area (Å²) in [5, 5.41) is 5.72. The molecule has 1 unspecified atom stereocenters. The van der Waals surface area contributed by atoms with Gasteiger partial charge in [0.15, 0.2) is 5.69 Å². The minimum Gasteiger partial charge on any atom is -0.357 e. The van der Waals surface area contributed by atoms with Crippen molar-refractivity contribution in [1.82, 2.24) is 25.1 Å². The Morgan fingerprint density at radius 3 is 2.68 bits per heavy atom. The molecule has 7 nitrogen and oxygen atoms in total. The standard InChI is InChI=1S/C22H29ClFN5O2/c1-13(2)10-17(21(30)25-3)26-22(31)19-18-12-28(4)8-5-9-29(18)20(27-19)15-7-6-14(23)11-16(15)24/h6-7,11,13,17H,5,8-10,12H2,1-4H3,(H,25,30)(H,26,31). The van der Waals surface area contributed by atoms with Crippen molar-refractivity contribution in [2.45, 2.75) is 45.8 Å². The largest absolute Gasteiger partial charge is 0.357 e. The lowest BCUT2D eigenvalue weighted by Crippen LogP contribution is -2.46. The van der Waals surface area contributed by atoms with E-state index in [1.165, 1.54) is 6.07 Å². The predicted octanol–water partition coefficient (Wildman–Crippen LogP) is 3.07. The van der Waals surface area contributed by atoms with E-state index in [4.69, 9.17) is 11.6 Å². The first kappa shape index (κ1) is 23.2. The fourth-order valence-electron chi connectivity index (χ4n) is 3.88. The summed E-state index contributed by atoms with van der Waals surface area (Å²) in [4.78, 5) is 32.2. The Bertz CT molecular complexity index is 975. The quantitative estimate of drug-likeness (QED) is 0.710. The van der Waals surface area contributed by atoms with Crippen LogP contribution in [0, 0.1) is 11.7 Å². The minimum absolute atomic E-state index is 0.214. The maximum Gasteiger partial charge on any atom is 0.272 e. The van der Waals surface area contributed by atoms with Gasteiger partial charge in [-0.05, 0) is 50.6 Å². The van der Waals surface area contributed by atoms with Crippen LogP contribution in [-0.4, -0.2) is 52.9 Å². The predicted molar refractivity (Wildman–Crippen MR) is 118 cm³/mol. The van der Waals surface area contributed by atoms with Crippen molar-refractivity contribution < 1.29 is 14.0 Å². The summed E-state index contributed by atoms with van der Waals surface area (Å²) in [6.45, 7) is 5.93. The van der Waals surface area contributed by atoms with Gasteiger partial charge in [-0.1, -0.05) is 25.4 Å². The molecule has 1 aromatic carbocycles. The molecule has 168 valence electrons. The van der Waals surface area contributed by atoms with Crippen LogP contribution in [0.25, 0.3) is 11.4 Å². The first-order valence-electron chi connectivity index (χ1n) is 10.5. The zero-order valence-corrected chi connectivity index (χ0v) is 19.1. The van der Waals surface area contributed by atoms with E-state index in [2.05, 4.69) is 20.5 Å². The molecule has 1 aliphatic rings. The number of carbonyl (C=O) groups excluding carboxylic acids is 2. The number of rotatable bonds is 6. The Balaban J connectivity index is 2.04. The molecule has 0 fully saturated rings. The maximum atomic E-state index is 14.7. The molecule has 0 saturated carbocycles. The van der Waals surface area contributed by atoms with Crippen molar-refractivity contribution in [2.24, 2.45) is 5.92 Å². The summed E-state index contributed by atoms with van der Waals surface area (Å²) < 4.78 is 16.6. The molecule has 0 spiro atoms. The fraction of sp³-hybridized carbons (Fsp3) is 0.500. The maximum absolute atomic E-state index is 14.7. The van der Waals surface area contributed by atoms with Gasteiger partial charge in [-0.2, -0.15) is 0 Å². The summed E-state index contributed by atoms with van der Waals surface area (Å²) in [7, 11) is 3.51. The zero-order valence-electron chi connectivity index (χ0n) is 18.3. The van der Waals surface area contributed by atoms with E-state index in [-0.39, 0.29) is 17.5 Å². The van der Waals surface area contributed by atoms with Gasteiger partial charge in [0.25, 0.3) is 5.91 Å². The van der Waals surface area contributed by atoms with Gasteiger partial charge in [-0.25, -0.2) is 9.37 Å². The van der Waals surface area contributed by atoms with Crippen LogP contribution in [0.5, 0.6) is 0 Å². The number of benzene rings is 1. The monoisotopic (exact) mass is 449 g/mol. The Kier molecular flexibility index (Phi) is 7.33. The van der Waals surface area contributed by atoms with Gasteiger partial charge < -0.3 is 20.1 Å². The Morgan fingerprint density at radius 1 is 1.29 bits per heavy atom. The van der Waals surface area contributed by atoms with Crippen LogP contribution in [0.2, 0.25) is 5.02 Å². The molecular weight excluding hydrogens is 421 g/mol. The van der Waals surface area contributed by atoms with Crippen LogP contribution in [0.1, 0.15) is 42.9 Å². The van der Waals surface area contributed by atoms with Crippen LogP contribution >= 0.6 is 11.6 Å². The summed E-state index contributed by atoms with van der Waals surface area (Å²) in [5.74, 6) is -0.577. The third-order valence-corrected chi connectivity index (χ3v) is 5.61. The minimum atomic E-state index is -0.672. The topological polar surface area (TPSA) is 79.3 Å². The summed E-state index contributed by atoms with van der Waals surface area (Å²) in [6.07, 6.45) is 1.34. The Labute approximate surface area is 187 Å². The molecule has 2 N–H and O–H groups in total. The Morgan fingerprint density at radius 2 is 2.03 bits per heavy atom. The average Bonchev–Trinajstić information content (AvgIpc) is 2.92. The number of amides is 2. The number of likely N-dealkylation sites (N-methyl/N-ethyl adjacent to an activating group) is 1. The second-order valence-electron chi connectivity index (χ2n) is 8.37. The highest BCUT2D eigenvalue weighted by molar-refractivity contribution is 6.30. The summed E-state index contributed by atoms with van der Waals surface area (Å²) in [6, 6.07) is 3.75. The van der Waals surface area contributed by atoms with Gasteiger partial charge in [-0.3, -0.25) is 9.59 Å². The number of hydrogen-bond acceptors (Lipinski definition) is 4. The van der Waals surface area contributed by atoms with Crippen molar-refractivity contribution in [3.63, 3.8) is 0 Å². The SMILES string of the molecule is CNC(=O)C(CC(C)C)NC(=O)c1nc(-c2ccc(Cl)cc2F)n2c1CN(C)CCC2. The number of fused-ring (bicyclic) bond motifs is 1. The number of nitrogens with zero attached hydrogens (tertiary/aromatic N) is 3. The van der Waals surface area contributed by atoms with E-state index >= 15 is 0 Å². The van der Waals surface area contributed by atoms with Gasteiger partial charge in [0, 0.05) is 25.2 Å². The van der Waals surface area contributed by atoms with Crippen LogP contribution in [0.3, 0.4) is 0 Å². The molecule has 0 radical (unpaired) electrons. The first-order chi connectivity index (χ1) is 14.7. The van der Waals surface area contributed by atoms with Crippen molar-refractivity contribution in [3.05, 3.63) is 40.4 Å². The second kappa shape index (κ2) is 9.78. The number of halogens is 2. The third kappa shape index (κ3) is 5.25. The van der Waals surface area contributed by atoms with Crippen LogP contribution < -0.4 is 10.6 Å². The lowest BCUT2D eigenvalue weighted by atomic mass is 10.0. The molecule has 0 saturated heterocycles. The number of carbonyl (C=O) groups is 2. The summed E-state index contributed by atoms with van der Waals surface area (Å²) >= 11 is 5.91. The normalized spacial score (nSPS) is 15.3. The van der Waals surface area contributed by atoms with Crippen molar-refractivity contribution >= 4 is 23.4 Å². The third-order valence-electron chi connectivity index (χ3n) is 5.38. The highest BCUT2D eigenvalue weighted by atomic mass is 35.5. The van der Waals surface area contributed by atoms with Gasteiger partial charge in [-0.15, -0.1) is 0 Å². The fourth-order valence-corrected chi connectivity index (χ4v) is 4.04. The second-order valence-corrected chi connectivity index (χ2v) is 8.80.